The number of para-hydroxylation sites is 1. The van der Waals surface area contributed by atoms with Crippen molar-refractivity contribution in [3.8, 4) is 10.8 Å². The molecule has 4 heterocycles. The van der Waals surface area contributed by atoms with Crippen molar-refractivity contribution in [2.45, 2.75) is 32.4 Å². The van der Waals surface area contributed by atoms with Crippen molar-refractivity contribution >= 4 is 22.2 Å². The SMILES string of the molecule is Cc1ccc(-c2nnc([C@@H]3CCCN3Cc3cccc4cccnc34)o2)s1. The zero-order chi connectivity index (χ0) is 18.2. The fourth-order valence-electron chi connectivity index (χ4n) is 3.83. The smallest absolute Gasteiger partial charge is 0.257 e. The van der Waals surface area contributed by atoms with Crippen LogP contribution in [0.2, 0.25) is 0 Å². The van der Waals surface area contributed by atoms with Crippen LogP contribution in [0.4, 0.5) is 0 Å². The van der Waals surface area contributed by atoms with Gasteiger partial charge in [-0.25, -0.2) is 0 Å². The van der Waals surface area contributed by atoms with Crippen molar-refractivity contribution < 1.29 is 4.42 Å². The van der Waals surface area contributed by atoms with Gasteiger partial charge in [-0.2, -0.15) is 0 Å². The van der Waals surface area contributed by atoms with Crippen molar-refractivity contribution in [1.82, 2.24) is 20.1 Å². The first-order chi connectivity index (χ1) is 13.3. The van der Waals surface area contributed by atoms with Crippen LogP contribution in [0, 0.1) is 6.92 Å². The van der Waals surface area contributed by atoms with E-state index in [-0.39, 0.29) is 6.04 Å². The summed E-state index contributed by atoms with van der Waals surface area (Å²) in [5.74, 6) is 1.35. The molecule has 136 valence electrons. The lowest BCUT2D eigenvalue weighted by Gasteiger charge is -2.22. The lowest BCUT2D eigenvalue weighted by Crippen LogP contribution is -2.23. The number of nitrogens with zero attached hydrogens (tertiary/aromatic N) is 4. The minimum Gasteiger partial charge on any atom is -0.418 e. The molecule has 6 heteroatoms. The van der Waals surface area contributed by atoms with E-state index in [1.54, 1.807) is 11.3 Å². The molecular weight excluding hydrogens is 356 g/mol. The van der Waals surface area contributed by atoms with Crippen LogP contribution < -0.4 is 0 Å². The Morgan fingerprint density at radius 1 is 1.15 bits per heavy atom. The number of pyridine rings is 1. The fraction of sp³-hybridized carbons (Fsp3) is 0.286. The zero-order valence-corrected chi connectivity index (χ0v) is 15.9. The van der Waals surface area contributed by atoms with E-state index in [9.17, 15) is 0 Å². The second kappa shape index (κ2) is 6.87. The summed E-state index contributed by atoms with van der Waals surface area (Å²) in [7, 11) is 0. The Morgan fingerprint density at radius 2 is 2.07 bits per heavy atom. The fourth-order valence-corrected chi connectivity index (χ4v) is 4.62. The number of aromatic nitrogens is 3. The van der Waals surface area contributed by atoms with Crippen molar-refractivity contribution in [2.75, 3.05) is 6.54 Å². The Morgan fingerprint density at radius 3 is 2.96 bits per heavy atom. The highest BCUT2D eigenvalue weighted by atomic mass is 32.1. The van der Waals surface area contributed by atoms with E-state index in [4.69, 9.17) is 4.42 Å². The summed E-state index contributed by atoms with van der Waals surface area (Å²) >= 11 is 1.68. The highest BCUT2D eigenvalue weighted by Gasteiger charge is 2.31. The van der Waals surface area contributed by atoms with Gasteiger partial charge < -0.3 is 4.42 Å². The molecule has 5 nitrogen and oxygen atoms in total. The maximum Gasteiger partial charge on any atom is 0.257 e. The number of hydrogen-bond donors (Lipinski definition) is 0. The van der Waals surface area contributed by atoms with Crippen LogP contribution in [0.15, 0.2) is 53.1 Å². The van der Waals surface area contributed by atoms with Gasteiger partial charge in [0, 0.05) is 23.0 Å². The highest BCUT2D eigenvalue weighted by molar-refractivity contribution is 7.15. The van der Waals surface area contributed by atoms with Crippen LogP contribution in [-0.4, -0.2) is 26.6 Å². The van der Waals surface area contributed by atoms with Crippen LogP contribution in [0.5, 0.6) is 0 Å². The van der Waals surface area contributed by atoms with Crippen LogP contribution in [-0.2, 0) is 6.54 Å². The molecule has 0 N–H and O–H groups in total. The summed E-state index contributed by atoms with van der Waals surface area (Å²) in [6.45, 7) is 3.96. The first-order valence-corrected chi connectivity index (χ1v) is 10.1. The second-order valence-electron chi connectivity index (χ2n) is 6.98. The van der Waals surface area contributed by atoms with Crippen LogP contribution in [0.25, 0.3) is 21.7 Å². The molecule has 1 aromatic carbocycles. The average Bonchev–Trinajstić information content (AvgIpc) is 3.42. The van der Waals surface area contributed by atoms with Crippen LogP contribution in [0.1, 0.15) is 35.2 Å². The third-order valence-electron chi connectivity index (χ3n) is 5.13. The number of likely N-dealkylation sites (tertiary alicyclic amines) is 1. The normalized spacial score (nSPS) is 17.7. The molecule has 0 radical (unpaired) electrons. The summed E-state index contributed by atoms with van der Waals surface area (Å²) in [6.07, 6.45) is 4.04. The third-order valence-corrected chi connectivity index (χ3v) is 6.12. The summed E-state index contributed by atoms with van der Waals surface area (Å²) in [6, 6.07) is 14.8. The molecule has 1 atom stereocenters. The van der Waals surface area contributed by atoms with E-state index in [0.29, 0.717) is 5.89 Å². The standard InChI is InChI=1S/C21H20N4OS/c1-14-9-10-18(27-14)21-24-23-20(26-21)17-8-4-12-25(17)13-16-6-2-5-15-7-3-11-22-19(15)16/h2-3,5-7,9-11,17H,4,8,12-13H2,1H3/t17-/m0/s1. The summed E-state index contributed by atoms with van der Waals surface area (Å²) in [5, 5.41) is 9.84. The number of hydrogen-bond acceptors (Lipinski definition) is 6. The molecule has 1 saturated heterocycles. The molecule has 0 amide bonds. The van der Waals surface area contributed by atoms with E-state index in [2.05, 4.69) is 57.3 Å². The monoisotopic (exact) mass is 376 g/mol. The summed E-state index contributed by atoms with van der Waals surface area (Å²) in [5.41, 5.74) is 2.32. The van der Waals surface area contributed by atoms with Gasteiger partial charge in [0.15, 0.2) is 0 Å². The molecular formula is C21H20N4OS. The predicted molar refractivity (Wildman–Crippen MR) is 106 cm³/mol. The molecule has 0 bridgehead atoms. The van der Waals surface area contributed by atoms with Gasteiger partial charge in [0.1, 0.15) is 0 Å². The van der Waals surface area contributed by atoms with Gasteiger partial charge in [-0.3, -0.25) is 9.88 Å². The first-order valence-electron chi connectivity index (χ1n) is 9.25. The largest absolute Gasteiger partial charge is 0.418 e. The van der Waals surface area contributed by atoms with Gasteiger partial charge in [-0.1, -0.05) is 24.3 Å². The number of thiophene rings is 1. The van der Waals surface area contributed by atoms with Gasteiger partial charge in [0.2, 0.25) is 5.89 Å². The molecule has 5 rings (SSSR count). The minimum absolute atomic E-state index is 0.172. The molecule has 0 unspecified atom stereocenters. The number of rotatable bonds is 4. The molecule has 27 heavy (non-hydrogen) atoms. The molecule has 0 aliphatic carbocycles. The van der Waals surface area contributed by atoms with Crippen LogP contribution in [0.3, 0.4) is 0 Å². The first kappa shape index (κ1) is 16.6. The topological polar surface area (TPSA) is 55.1 Å². The van der Waals surface area contributed by atoms with E-state index in [0.717, 1.165) is 42.2 Å². The Hall–Kier alpha value is -2.57. The van der Waals surface area contributed by atoms with E-state index in [1.165, 1.54) is 15.8 Å². The quantitative estimate of drug-likeness (QED) is 0.502. The van der Waals surface area contributed by atoms with Crippen molar-refractivity contribution in [3.05, 3.63) is 65.0 Å². The molecule has 1 fully saturated rings. The van der Waals surface area contributed by atoms with Crippen molar-refractivity contribution in [3.63, 3.8) is 0 Å². The third kappa shape index (κ3) is 3.15. The van der Waals surface area contributed by atoms with Crippen molar-refractivity contribution in [2.24, 2.45) is 0 Å². The van der Waals surface area contributed by atoms with Gasteiger partial charge in [-0.15, -0.1) is 21.5 Å². The molecule has 4 aromatic rings. The number of benzene rings is 1. The van der Waals surface area contributed by atoms with Gasteiger partial charge in [0.25, 0.3) is 5.89 Å². The maximum absolute atomic E-state index is 6.05. The van der Waals surface area contributed by atoms with E-state index >= 15 is 0 Å². The summed E-state index contributed by atoms with van der Waals surface area (Å²) in [4.78, 5) is 9.30. The molecule has 1 aliphatic rings. The summed E-state index contributed by atoms with van der Waals surface area (Å²) < 4.78 is 6.05. The van der Waals surface area contributed by atoms with Gasteiger partial charge in [0.05, 0.1) is 16.4 Å². The highest BCUT2D eigenvalue weighted by Crippen LogP contribution is 2.35. The van der Waals surface area contributed by atoms with E-state index < -0.39 is 0 Å². The van der Waals surface area contributed by atoms with Gasteiger partial charge in [-0.05, 0) is 50.1 Å². The molecule has 3 aromatic heterocycles. The van der Waals surface area contributed by atoms with Gasteiger partial charge >= 0.3 is 0 Å². The average molecular weight is 376 g/mol. The Labute approximate surface area is 161 Å². The molecule has 0 saturated carbocycles. The molecule has 1 aliphatic heterocycles. The lowest BCUT2D eigenvalue weighted by atomic mass is 10.1. The minimum atomic E-state index is 0.172. The Balaban J connectivity index is 1.41. The zero-order valence-electron chi connectivity index (χ0n) is 15.1. The number of fused-ring (bicyclic) bond motifs is 1. The van der Waals surface area contributed by atoms with E-state index in [1.807, 2.05) is 18.3 Å². The Bertz CT molecular complexity index is 1080. The predicted octanol–water partition coefficient (Wildman–Crippen LogP) is 4.99. The molecule has 0 spiro atoms. The van der Waals surface area contributed by atoms with Crippen molar-refractivity contribution in [1.29, 1.82) is 0 Å². The number of aryl methyl sites for hydroxylation is 1. The van der Waals surface area contributed by atoms with Crippen LogP contribution >= 0.6 is 11.3 Å². The maximum atomic E-state index is 6.05. The Kier molecular flexibility index (Phi) is 4.22. The lowest BCUT2D eigenvalue weighted by molar-refractivity contribution is 0.216. The second-order valence-corrected chi connectivity index (χ2v) is 8.26.